The molecule has 0 aromatic heterocycles. The number of ether oxygens (including phenoxy) is 3. The molecule has 25 nitrogen and oxygen atoms in total. The van der Waals surface area contributed by atoms with Crippen LogP contribution in [0.3, 0.4) is 0 Å². The lowest BCUT2D eigenvalue weighted by atomic mass is 9.85. The number of primary amides is 1. The Bertz CT molecular complexity index is 3380. The van der Waals surface area contributed by atoms with E-state index in [-0.39, 0.29) is 145 Å². The first-order valence-corrected chi connectivity index (χ1v) is 37.1. The zero-order chi connectivity index (χ0) is 79.7. The van der Waals surface area contributed by atoms with Gasteiger partial charge >= 0.3 is 12.1 Å². The lowest BCUT2D eigenvalue weighted by Gasteiger charge is -2.39. The third-order valence-corrected chi connectivity index (χ3v) is 20.0. The van der Waals surface area contributed by atoms with E-state index in [1.165, 1.54) is 30.0 Å². The summed E-state index contributed by atoms with van der Waals surface area (Å²) in [5.74, 6) is -3.94. The highest BCUT2D eigenvalue weighted by molar-refractivity contribution is 6.05. The maximum absolute atomic E-state index is 13.8. The summed E-state index contributed by atoms with van der Waals surface area (Å²) in [7, 11) is 6.51. The van der Waals surface area contributed by atoms with Crippen LogP contribution in [0.1, 0.15) is 194 Å². The number of nitrogens with two attached hydrogens (primary N) is 1. The van der Waals surface area contributed by atoms with Crippen LogP contribution in [-0.4, -0.2) is 168 Å². The summed E-state index contributed by atoms with van der Waals surface area (Å²) >= 11 is 0. The largest absolute Gasteiger partial charge is 0.445 e. The van der Waals surface area contributed by atoms with Crippen LogP contribution in [0.15, 0.2) is 98.1 Å². The first kappa shape index (κ1) is 91.3. The molecule has 0 bridgehead atoms. The van der Waals surface area contributed by atoms with Crippen molar-refractivity contribution in [3.63, 3.8) is 0 Å². The predicted molar refractivity (Wildman–Crippen MR) is 411 cm³/mol. The number of carbonyl (C=O) groups excluding carboxylic acids is 12. The SMILES string of the molecule is C=CC(=O)Nc1cc(NC(=O)C=C)cc(C(=O)CCCCC(=O)N[C@H](C(=O)C[C@@H](CCCNC(N)=O)C(=O)Nc2ccc(COC(=O)N(C)[C@H](C(=O)C[C@H](C)C(C)C)C(C)C)cc2)C(C)C)c1.CC[C@@H](C)[C@@H]([C@@H](CC(=O)N1CCC[C@H]1[C@H](OC)[C@@H](C)C(=O)C[C@H](C)[C@@H](O)c1ccccc1)OC)N(C)C(C)=O. The van der Waals surface area contributed by atoms with Crippen molar-refractivity contribution in [2.75, 3.05) is 57.4 Å². The number of amides is 9. The lowest BCUT2D eigenvalue weighted by Crippen LogP contribution is -2.52. The van der Waals surface area contributed by atoms with E-state index in [0.717, 1.165) is 37.0 Å². The number of benzene rings is 3. The first-order chi connectivity index (χ1) is 50.0. The Hall–Kier alpha value is -8.94. The van der Waals surface area contributed by atoms with Crippen LogP contribution in [-0.2, 0) is 64.0 Å². The molecule has 1 aliphatic rings. The fraction of sp³-hybridized carbons (Fsp3) is 0.580. The minimum Gasteiger partial charge on any atom is -0.445 e. The molecule has 1 fully saturated rings. The van der Waals surface area contributed by atoms with Gasteiger partial charge in [0.1, 0.15) is 12.4 Å². The van der Waals surface area contributed by atoms with Gasteiger partial charge in [0.2, 0.25) is 35.4 Å². The van der Waals surface area contributed by atoms with Crippen LogP contribution < -0.4 is 32.3 Å². The number of nitrogens with zero attached hydrogens (tertiary/aromatic N) is 3. The Morgan fingerprint density at radius 3 is 1.79 bits per heavy atom. The summed E-state index contributed by atoms with van der Waals surface area (Å²) in [6.45, 7) is 30.4. The third-order valence-electron chi connectivity index (χ3n) is 20.0. The van der Waals surface area contributed by atoms with Crippen LogP contribution >= 0.6 is 0 Å². The molecule has 586 valence electrons. The van der Waals surface area contributed by atoms with Gasteiger partial charge in [-0.2, -0.15) is 0 Å². The minimum atomic E-state index is -0.913. The number of nitrogens with one attached hydrogen (secondary N) is 5. The molecule has 0 spiro atoms. The van der Waals surface area contributed by atoms with Gasteiger partial charge in [0.25, 0.3) is 0 Å². The van der Waals surface area contributed by atoms with Crippen molar-refractivity contribution >= 4 is 87.8 Å². The highest BCUT2D eigenvalue weighted by Crippen LogP contribution is 2.33. The Morgan fingerprint density at radius 2 is 1.26 bits per heavy atom. The number of Topliss-reactive ketones (excluding diaryl/α,β-unsaturated/α-hetero) is 4. The normalized spacial score (nSPS) is 15.8. The van der Waals surface area contributed by atoms with E-state index in [4.69, 9.17) is 19.9 Å². The van der Waals surface area contributed by atoms with Crippen molar-refractivity contribution < 1.29 is 76.9 Å². The molecular formula is C81H121N9O16. The smallest absolute Gasteiger partial charge is 0.410 e. The van der Waals surface area contributed by atoms with E-state index in [9.17, 15) is 62.6 Å². The molecule has 1 heterocycles. The van der Waals surface area contributed by atoms with Gasteiger partial charge in [0.05, 0.1) is 48.9 Å². The Morgan fingerprint density at radius 1 is 0.670 bits per heavy atom. The number of urea groups is 1. The molecule has 1 aliphatic heterocycles. The average Bonchev–Trinajstić information content (AvgIpc) is 1.66. The molecule has 0 aliphatic carbocycles. The summed E-state index contributed by atoms with van der Waals surface area (Å²) in [5.41, 5.74) is 7.85. The number of likely N-dealkylation sites (tertiary alicyclic amines) is 1. The molecule has 25 heteroatoms. The van der Waals surface area contributed by atoms with Crippen molar-refractivity contribution in [2.45, 2.75) is 216 Å². The first-order valence-electron chi connectivity index (χ1n) is 37.1. The number of hydrogen-bond acceptors (Lipinski definition) is 16. The Labute approximate surface area is 628 Å². The van der Waals surface area contributed by atoms with Gasteiger partial charge in [-0.3, -0.25) is 47.9 Å². The van der Waals surface area contributed by atoms with Gasteiger partial charge in [-0.15, -0.1) is 0 Å². The predicted octanol–water partition coefficient (Wildman–Crippen LogP) is 11.6. The minimum absolute atomic E-state index is 0.0123. The number of hydrogen-bond donors (Lipinski definition) is 7. The summed E-state index contributed by atoms with van der Waals surface area (Å²) < 4.78 is 17.2. The molecule has 4 rings (SSSR count). The molecule has 106 heavy (non-hydrogen) atoms. The zero-order valence-electron chi connectivity index (χ0n) is 65.5. The van der Waals surface area contributed by atoms with Gasteiger partial charge in [-0.05, 0) is 128 Å². The van der Waals surface area contributed by atoms with E-state index < -0.39 is 78.0 Å². The number of anilines is 3. The number of likely N-dealkylation sites (N-methyl/N-ethyl adjacent to an activating group) is 2. The van der Waals surface area contributed by atoms with Gasteiger partial charge < -0.3 is 66.3 Å². The van der Waals surface area contributed by atoms with Gasteiger partial charge in [-0.1, -0.05) is 138 Å². The van der Waals surface area contributed by atoms with Gasteiger partial charge in [-0.25, -0.2) is 9.59 Å². The van der Waals surface area contributed by atoms with Crippen LogP contribution in [0.4, 0.5) is 26.7 Å². The highest BCUT2D eigenvalue weighted by atomic mass is 16.6. The van der Waals surface area contributed by atoms with Crippen molar-refractivity contribution in [1.29, 1.82) is 0 Å². The monoisotopic (exact) mass is 1480 g/mol. The molecule has 9 amide bonds. The maximum Gasteiger partial charge on any atom is 0.410 e. The van der Waals surface area contributed by atoms with E-state index in [1.54, 1.807) is 71.3 Å². The van der Waals surface area contributed by atoms with Crippen molar-refractivity contribution in [1.82, 2.24) is 25.3 Å². The molecule has 0 radical (unpaired) electrons. The van der Waals surface area contributed by atoms with Crippen LogP contribution in [0.25, 0.3) is 0 Å². The number of rotatable bonds is 44. The second kappa shape index (κ2) is 46.2. The summed E-state index contributed by atoms with van der Waals surface area (Å²) in [5, 5.41) is 24.0. The molecule has 3 aromatic rings. The lowest BCUT2D eigenvalue weighted by molar-refractivity contribution is -0.145. The second-order valence-electron chi connectivity index (χ2n) is 29.1. The number of aliphatic hydroxyl groups excluding tert-OH is 1. The summed E-state index contributed by atoms with van der Waals surface area (Å²) in [6, 6.07) is 17.7. The van der Waals surface area contributed by atoms with Crippen LogP contribution in [0.2, 0.25) is 0 Å². The fourth-order valence-corrected chi connectivity index (χ4v) is 13.1. The van der Waals surface area contributed by atoms with E-state index in [1.807, 2.05) is 69.9 Å². The fourth-order valence-electron chi connectivity index (χ4n) is 13.1. The number of aliphatic hydroxyl groups is 1. The molecular weight excluding hydrogens is 1350 g/mol. The van der Waals surface area contributed by atoms with E-state index in [2.05, 4.69) is 67.4 Å². The quantitative estimate of drug-likeness (QED) is 0.0157. The Kier molecular flexibility index (Phi) is 39.8. The van der Waals surface area contributed by atoms with Crippen LogP contribution in [0.5, 0.6) is 0 Å². The van der Waals surface area contributed by atoms with Crippen molar-refractivity contribution in [3.05, 3.63) is 115 Å². The third kappa shape index (κ3) is 29.8. The standard InChI is InChI=1S/C50H71N7O10.C31H50N2O6/c1-11-43(61)53-38-25-36(26-39(28-38)54-44(62)12-2)40(58)17-13-14-18-45(63)56-46(31(5)6)41(59)27-35(16-15-23-52-49(51)65)48(64)55-37-21-19-34(20-22-37)29-67-50(66)57(10)47(32(7)8)42(60)24-33(9)30(3)4;1-9-20(2)29(32(6)23(5)34)27(38-7)19-28(36)33-17-13-16-25(33)31(39-8)22(4)26(35)18-21(3)30(37)24-14-11-10-12-15-24/h11-12,19-22,25-26,28,30-33,35,46-47H,1-2,13-18,23-24,27,29H2,3-10H3,(H,53,61)(H,54,62)(H,55,64)(H,56,63)(H3,51,52,65);10-12,14-15,20-22,25,27,29-31,37H,9,13,16-19H2,1-8H3/t33-,35+,46-,47-;20-,21+,22+,25+,27-,29+,30-,31-/m01/s1. The second-order valence-corrected chi connectivity index (χ2v) is 29.1. The maximum atomic E-state index is 13.8. The van der Waals surface area contributed by atoms with Gasteiger partial charge in [0.15, 0.2) is 17.3 Å². The zero-order valence-corrected chi connectivity index (χ0v) is 65.5. The highest BCUT2D eigenvalue weighted by Gasteiger charge is 2.42. The average molecular weight is 1480 g/mol. The molecule has 0 saturated carbocycles. The van der Waals surface area contributed by atoms with Crippen LogP contribution in [0, 0.1) is 47.3 Å². The Balaban J connectivity index is 0.000000632. The molecule has 1 saturated heterocycles. The topological polar surface area (TPSA) is 349 Å². The number of ketones is 4. The van der Waals surface area contributed by atoms with Crippen molar-refractivity contribution in [2.24, 2.45) is 53.1 Å². The summed E-state index contributed by atoms with van der Waals surface area (Å²) in [4.78, 5) is 159. The summed E-state index contributed by atoms with van der Waals surface area (Å²) in [6.07, 6.45) is 4.11. The molecule has 3 aromatic carbocycles. The molecule has 0 unspecified atom stereocenters. The van der Waals surface area contributed by atoms with Crippen molar-refractivity contribution in [3.8, 4) is 0 Å². The van der Waals surface area contributed by atoms with E-state index in [0.29, 0.717) is 49.4 Å². The van der Waals surface area contributed by atoms with Gasteiger partial charge in [0, 0.05) is 115 Å². The number of carbonyl (C=O) groups is 12. The molecule has 8 N–H and O–H groups in total. The molecule has 12 atom stereocenters. The number of unbranched alkanes of at least 4 members (excludes halogenated alkanes) is 1. The number of methoxy groups -OCH3 is 2. The van der Waals surface area contributed by atoms with E-state index >= 15 is 0 Å².